The number of benzene rings is 1. The molecular weight excluding hydrogens is 270 g/mol. The fraction of sp³-hybridized carbons (Fsp3) is 0.562. The number of rotatable bonds is 6. The van der Waals surface area contributed by atoms with Crippen LogP contribution in [0.1, 0.15) is 30.7 Å². The molecule has 1 fully saturated rings. The van der Waals surface area contributed by atoms with Gasteiger partial charge in [0.2, 0.25) is 0 Å². The monoisotopic (exact) mass is 293 g/mol. The first-order valence-corrected chi connectivity index (χ1v) is 8.31. The molecule has 2 unspecified atom stereocenters. The van der Waals surface area contributed by atoms with Gasteiger partial charge in [-0.2, -0.15) is 11.8 Å². The minimum Gasteiger partial charge on any atom is -0.469 e. The smallest absolute Gasteiger partial charge is 0.314 e. The maximum atomic E-state index is 11.9. The van der Waals surface area contributed by atoms with Crippen molar-refractivity contribution in [2.45, 2.75) is 30.4 Å². The van der Waals surface area contributed by atoms with Crippen molar-refractivity contribution in [1.29, 1.82) is 0 Å². The highest BCUT2D eigenvalue weighted by Gasteiger charge is 2.21. The average molecular weight is 293 g/mol. The van der Waals surface area contributed by atoms with E-state index in [4.69, 9.17) is 4.74 Å². The Hall–Kier alpha value is -1.00. The molecule has 0 spiro atoms. The average Bonchev–Trinajstić information content (AvgIpc) is 2.53. The van der Waals surface area contributed by atoms with E-state index in [9.17, 15) is 4.79 Å². The van der Waals surface area contributed by atoms with E-state index in [1.54, 1.807) is 0 Å². The highest BCUT2D eigenvalue weighted by molar-refractivity contribution is 7.99. The fourth-order valence-electron chi connectivity index (χ4n) is 2.52. The maximum absolute atomic E-state index is 11.9. The van der Waals surface area contributed by atoms with E-state index in [1.807, 2.05) is 42.1 Å². The van der Waals surface area contributed by atoms with Crippen LogP contribution in [-0.2, 0) is 9.53 Å². The SMILES string of the molecule is COC(=O)C(CNCC1CCCCS1)c1ccccc1. The molecule has 0 aliphatic carbocycles. The van der Waals surface area contributed by atoms with Crippen LogP contribution in [0, 0.1) is 0 Å². The molecule has 2 atom stereocenters. The number of methoxy groups -OCH3 is 1. The van der Waals surface area contributed by atoms with Crippen molar-refractivity contribution in [3.05, 3.63) is 35.9 Å². The van der Waals surface area contributed by atoms with Crippen LogP contribution in [0.4, 0.5) is 0 Å². The molecule has 0 radical (unpaired) electrons. The standard InChI is InChI=1S/C16H23NO2S/c1-19-16(18)15(13-7-3-2-4-8-13)12-17-11-14-9-5-6-10-20-14/h2-4,7-8,14-15,17H,5-6,9-12H2,1H3. The zero-order chi connectivity index (χ0) is 14.2. The van der Waals surface area contributed by atoms with Crippen molar-refractivity contribution in [2.75, 3.05) is 26.0 Å². The van der Waals surface area contributed by atoms with E-state index in [0.717, 1.165) is 12.1 Å². The van der Waals surface area contributed by atoms with E-state index in [1.165, 1.54) is 32.1 Å². The third-order valence-corrected chi connectivity index (χ3v) is 5.08. The van der Waals surface area contributed by atoms with Crippen molar-refractivity contribution in [2.24, 2.45) is 0 Å². The van der Waals surface area contributed by atoms with E-state index < -0.39 is 0 Å². The second kappa shape index (κ2) is 8.32. The van der Waals surface area contributed by atoms with Crippen LogP contribution in [0.3, 0.4) is 0 Å². The van der Waals surface area contributed by atoms with Gasteiger partial charge in [-0.15, -0.1) is 0 Å². The van der Waals surface area contributed by atoms with Gasteiger partial charge in [0.1, 0.15) is 0 Å². The Kier molecular flexibility index (Phi) is 6.40. The molecule has 0 aromatic heterocycles. The second-order valence-corrected chi connectivity index (χ2v) is 6.54. The zero-order valence-electron chi connectivity index (χ0n) is 12.0. The first-order valence-electron chi connectivity index (χ1n) is 7.26. The molecule has 0 bridgehead atoms. The van der Waals surface area contributed by atoms with Gasteiger partial charge < -0.3 is 10.1 Å². The molecule has 4 heteroatoms. The Balaban J connectivity index is 1.86. The lowest BCUT2D eigenvalue weighted by Gasteiger charge is -2.23. The molecular formula is C16H23NO2S. The Bertz CT molecular complexity index is 404. The highest BCUT2D eigenvalue weighted by atomic mass is 32.2. The lowest BCUT2D eigenvalue weighted by atomic mass is 9.99. The van der Waals surface area contributed by atoms with Crippen molar-refractivity contribution >= 4 is 17.7 Å². The number of carbonyl (C=O) groups excluding carboxylic acids is 1. The van der Waals surface area contributed by atoms with Crippen LogP contribution in [0.25, 0.3) is 0 Å². The summed E-state index contributed by atoms with van der Waals surface area (Å²) in [5, 5.41) is 4.14. The summed E-state index contributed by atoms with van der Waals surface area (Å²) in [4.78, 5) is 11.9. The number of thioether (sulfide) groups is 1. The molecule has 0 amide bonds. The number of nitrogens with one attached hydrogen (secondary N) is 1. The molecule has 1 heterocycles. The van der Waals surface area contributed by atoms with E-state index in [2.05, 4.69) is 5.32 Å². The Morgan fingerprint density at radius 3 is 2.85 bits per heavy atom. The molecule has 110 valence electrons. The fourth-order valence-corrected chi connectivity index (χ4v) is 3.80. The minimum absolute atomic E-state index is 0.167. The van der Waals surface area contributed by atoms with Gasteiger partial charge in [0.25, 0.3) is 0 Å². The third kappa shape index (κ3) is 4.53. The molecule has 1 aliphatic rings. The number of carbonyl (C=O) groups is 1. The van der Waals surface area contributed by atoms with Gasteiger partial charge in [0.15, 0.2) is 0 Å². The number of hydrogen-bond donors (Lipinski definition) is 1. The number of hydrogen-bond acceptors (Lipinski definition) is 4. The van der Waals surface area contributed by atoms with Crippen molar-refractivity contribution in [3.8, 4) is 0 Å². The maximum Gasteiger partial charge on any atom is 0.314 e. The second-order valence-electron chi connectivity index (χ2n) is 5.13. The topological polar surface area (TPSA) is 38.3 Å². The van der Waals surface area contributed by atoms with Crippen LogP contribution in [0.15, 0.2) is 30.3 Å². The van der Waals surface area contributed by atoms with Crippen molar-refractivity contribution < 1.29 is 9.53 Å². The molecule has 0 saturated carbocycles. The van der Waals surface area contributed by atoms with E-state index in [-0.39, 0.29) is 11.9 Å². The summed E-state index contributed by atoms with van der Waals surface area (Å²) in [6, 6.07) is 9.85. The highest BCUT2D eigenvalue weighted by Crippen LogP contribution is 2.24. The van der Waals surface area contributed by atoms with Gasteiger partial charge in [-0.05, 0) is 24.2 Å². The Morgan fingerprint density at radius 2 is 2.20 bits per heavy atom. The lowest BCUT2D eigenvalue weighted by Crippen LogP contribution is -2.33. The summed E-state index contributed by atoms with van der Waals surface area (Å²) >= 11 is 2.05. The Labute approximate surface area is 125 Å². The van der Waals surface area contributed by atoms with E-state index in [0.29, 0.717) is 11.8 Å². The molecule has 1 N–H and O–H groups in total. The van der Waals surface area contributed by atoms with Crippen LogP contribution >= 0.6 is 11.8 Å². The summed E-state index contributed by atoms with van der Waals surface area (Å²) in [5.41, 5.74) is 1.02. The van der Waals surface area contributed by atoms with Gasteiger partial charge in [-0.25, -0.2) is 0 Å². The molecule has 1 aliphatic heterocycles. The van der Waals surface area contributed by atoms with Crippen molar-refractivity contribution in [3.63, 3.8) is 0 Å². The predicted molar refractivity (Wildman–Crippen MR) is 84.2 cm³/mol. The van der Waals surface area contributed by atoms with Crippen LogP contribution in [0.2, 0.25) is 0 Å². The number of esters is 1. The van der Waals surface area contributed by atoms with E-state index >= 15 is 0 Å². The molecule has 1 saturated heterocycles. The van der Waals surface area contributed by atoms with Gasteiger partial charge in [0.05, 0.1) is 13.0 Å². The van der Waals surface area contributed by atoms with Gasteiger partial charge >= 0.3 is 5.97 Å². The summed E-state index contributed by atoms with van der Waals surface area (Å²) in [6.07, 6.45) is 3.96. The zero-order valence-corrected chi connectivity index (χ0v) is 12.8. The molecule has 1 aromatic carbocycles. The van der Waals surface area contributed by atoms with Crippen LogP contribution in [-0.4, -0.2) is 37.2 Å². The Morgan fingerprint density at radius 1 is 1.40 bits per heavy atom. The largest absolute Gasteiger partial charge is 0.469 e. The molecule has 20 heavy (non-hydrogen) atoms. The number of ether oxygens (including phenoxy) is 1. The predicted octanol–water partition coefficient (Wildman–Crippen LogP) is 2.82. The minimum atomic E-state index is -0.213. The van der Waals surface area contributed by atoms with Crippen LogP contribution < -0.4 is 5.32 Å². The first-order chi connectivity index (χ1) is 9.81. The summed E-state index contributed by atoms with van der Waals surface area (Å²) in [5.74, 6) is 0.889. The van der Waals surface area contributed by atoms with Crippen LogP contribution in [0.5, 0.6) is 0 Å². The van der Waals surface area contributed by atoms with Gasteiger partial charge in [-0.1, -0.05) is 36.8 Å². The first kappa shape index (κ1) is 15.4. The quantitative estimate of drug-likeness (QED) is 0.819. The molecule has 3 nitrogen and oxygen atoms in total. The van der Waals surface area contributed by atoms with Gasteiger partial charge in [-0.3, -0.25) is 4.79 Å². The normalized spacial score (nSPS) is 20.4. The van der Waals surface area contributed by atoms with Crippen molar-refractivity contribution in [1.82, 2.24) is 5.32 Å². The summed E-state index contributed by atoms with van der Waals surface area (Å²) < 4.78 is 4.93. The van der Waals surface area contributed by atoms with Gasteiger partial charge in [0, 0.05) is 18.3 Å². The molecule has 1 aromatic rings. The molecule has 2 rings (SSSR count). The third-order valence-electron chi connectivity index (χ3n) is 3.68. The summed E-state index contributed by atoms with van der Waals surface area (Å²) in [7, 11) is 1.45. The lowest BCUT2D eigenvalue weighted by molar-refractivity contribution is -0.142. The summed E-state index contributed by atoms with van der Waals surface area (Å²) in [6.45, 7) is 1.62.